The normalized spacial score (nSPS) is 13.5. The fourth-order valence-corrected chi connectivity index (χ4v) is 2.61. The Labute approximate surface area is 99.3 Å². The molecule has 0 aromatic carbocycles. The number of aromatic amines is 1. The van der Waals surface area contributed by atoms with Crippen LogP contribution in [0.4, 0.5) is 0 Å². The molecule has 0 saturated heterocycles. The van der Waals surface area contributed by atoms with Crippen molar-refractivity contribution in [1.82, 2.24) is 14.7 Å². The maximum absolute atomic E-state index is 11.5. The van der Waals surface area contributed by atoms with Crippen molar-refractivity contribution in [1.29, 1.82) is 0 Å². The first kappa shape index (κ1) is 13.7. The van der Waals surface area contributed by atoms with Crippen LogP contribution in [0.15, 0.2) is 12.5 Å². The molecule has 0 aliphatic carbocycles. The third-order valence-electron chi connectivity index (χ3n) is 2.07. The third kappa shape index (κ3) is 4.53. The highest BCUT2D eigenvalue weighted by Gasteiger charge is 2.24. The first-order valence-corrected chi connectivity index (χ1v) is 6.80. The van der Waals surface area contributed by atoms with Crippen molar-refractivity contribution in [2.24, 2.45) is 0 Å². The number of aromatic nitrogens is 2. The van der Waals surface area contributed by atoms with E-state index in [2.05, 4.69) is 14.7 Å². The molecule has 17 heavy (non-hydrogen) atoms. The second-order valence-electron chi connectivity index (χ2n) is 3.61. The fourth-order valence-electron chi connectivity index (χ4n) is 1.34. The monoisotopic (exact) mass is 261 g/mol. The molecule has 1 unspecified atom stereocenters. The number of carbonyl (C=O) groups is 1. The number of aliphatic carboxylic acids is 1. The van der Waals surface area contributed by atoms with E-state index in [1.807, 2.05) is 0 Å². The number of carboxylic acids is 1. The number of sulfonamides is 1. The molecule has 0 fully saturated rings. The molecule has 96 valence electrons. The number of carboxylic acid groups (broad SMARTS) is 1. The Bertz CT molecular complexity index is 455. The van der Waals surface area contributed by atoms with Gasteiger partial charge in [0.2, 0.25) is 10.0 Å². The van der Waals surface area contributed by atoms with E-state index in [0.29, 0.717) is 12.1 Å². The highest BCUT2D eigenvalue weighted by molar-refractivity contribution is 7.89. The molecule has 1 rings (SSSR count). The van der Waals surface area contributed by atoms with Crippen LogP contribution in [0.5, 0.6) is 0 Å². The van der Waals surface area contributed by atoms with Gasteiger partial charge >= 0.3 is 5.97 Å². The predicted octanol–water partition coefficient (Wildman–Crippen LogP) is -0.265. The number of H-pyrrole nitrogens is 1. The lowest BCUT2D eigenvalue weighted by Crippen LogP contribution is -2.43. The van der Waals surface area contributed by atoms with Gasteiger partial charge in [-0.3, -0.25) is 4.79 Å². The first-order chi connectivity index (χ1) is 7.94. The second-order valence-corrected chi connectivity index (χ2v) is 5.48. The molecule has 0 spiro atoms. The Hall–Kier alpha value is -1.41. The summed E-state index contributed by atoms with van der Waals surface area (Å²) in [5, 5.41) is 8.94. The van der Waals surface area contributed by atoms with Gasteiger partial charge in [-0.15, -0.1) is 0 Å². The minimum atomic E-state index is -3.54. The first-order valence-electron chi connectivity index (χ1n) is 5.14. The van der Waals surface area contributed by atoms with Gasteiger partial charge in [-0.05, 0) is 6.42 Å². The number of rotatable bonds is 7. The molecule has 1 aromatic rings. The van der Waals surface area contributed by atoms with Crippen LogP contribution < -0.4 is 4.72 Å². The topological polar surface area (TPSA) is 112 Å². The molecule has 3 N–H and O–H groups in total. The van der Waals surface area contributed by atoms with Gasteiger partial charge in [0.15, 0.2) is 0 Å². The molecule has 0 aliphatic heterocycles. The lowest BCUT2D eigenvalue weighted by Gasteiger charge is -2.13. The van der Waals surface area contributed by atoms with E-state index < -0.39 is 22.0 Å². The predicted molar refractivity (Wildman–Crippen MR) is 60.9 cm³/mol. The van der Waals surface area contributed by atoms with Crippen molar-refractivity contribution in [2.45, 2.75) is 25.8 Å². The average molecular weight is 261 g/mol. The van der Waals surface area contributed by atoms with E-state index in [-0.39, 0.29) is 12.2 Å². The van der Waals surface area contributed by atoms with E-state index >= 15 is 0 Å². The summed E-state index contributed by atoms with van der Waals surface area (Å²) in [5.74, 6) is -1.29. The molecule has 8 heteroatoms. The zero-order valence-corrected chi connectivity index (χ0v) is 10.2. The molecule has 0 saturated carbocycles. The van der Waals surface area contributed by atoms with Crippen LogP contribution in [-0.2, 0) is 21.2 Å². The van der Waals surface area contributed by atoms with Crippen LogP contribution in [0.25, 0.3) is 0 Å². The Morgan fingerprint density at radius 2 is 2.35 bits per heavy atom. The van der Waals surface area contributed by atoms with E-state index in [1.165, 1.54) is 12.5 Å². The van der Waals surface area contributed by atoms with Crippen LogP contribution in [0.3, 0.4) is 0 Å². The average Bonchev–Trinajstić information content (AvgIpc) is 2.68. The molecule has 1 atom stereocenters. The van der Waals surface area contributed by atoms with E-state index in [4.69, 9.17) is 5.11 Å². The summed E-state index contributed by atoms with van der Waals surface area (Å²) < 4.78 is 25.1. The smallest absolute Gasteiger partial charge is 0.322 e. The summed E-state index contributed by atoms with van der Waals surface area (Å²) in [6.45, 7) is 1.71. The van der Waals surface area contributed by atoms with Gasteiger partial charge < -0.3 is 10.1 Å². The van der Waals surface area contributed by atoms with Gasteiger partial charge in [-0.25, -0.2) is 18.1 Å². The van der Waals surface area contributed by atoms with Crippen molar-refractivity contribution in [3.8, 4) is 0 Å². The van der Waals surface area contributed by atoms with E-state index in [0.717, 1.165) is 0 Å². The van der Waals surface area contributed by atoms with Gasteiger partial charge in [-0.2, -0.15) is 0 Å². The second kappa shape index (κ2) is 5.78. The molecule has 0 aliphatic rings. The summed E-state index contributed by atoms with van der Waals surface area (Å²) >= 11 is 0. The lowest BCUT2D eigenvalue weighted by molar-refractivity contribution is -0.138. The number of hydrogen-bond acceptors (Lipinski definition) is 4. The van der Waals surface area contributed by atoms with Crippen LogP contribution in [0.2, 0.25) is 0 Å². The van der Waals surface area contributed by atoms with E-state index in [9.17, 15) is 13.2 Å². The quantitative estimate of drug-likeness (QED) is 0.625. The number of nitrogens with zero attached hydrogens (tertiary/aromatic N) is 1. The molecular weight excluding hydrogens is 246 g/mol. The van der Waals surface area contributed by atoms with Crippen molar-refractivity contribution < 1.29 is 18.3 Å². The lowest BCUT2D eigenvalue weighted by atomic mass is 10.2. The zero-order valence-electron chi connectivity index (χ0n) is 9.38. The largest absolute Gasteiger partial charge is 0.480 e. The van der Waals surface area contributed by atoms with Gasteiger partial charge in [0.1, 0.15) is 6.04 Å². The van der Waals surface area contributed by atoms with Gasteiger partial charge in [0.25, 0.3) is 0 Å². The summed E-state index contributed by atoms with van der Waals surface area (Å²) in [6.07, 6.45) is 3.35. The van der Waals surface area contributed by atoms with Crippen LogP contribution in [0, 0.1) is 0 Å². The number of imidazole rings is 1. The maximum atomic E-state index is 11.5. The number of hydrogen-bond donors (Lipinski definition) is 3. The SMILES string of the molecule is CCCS(=O)(=O)NC(Cc1cnc[nH]1)C(=O)O. The van der Waals surface area contributed by atoms with Crippen LogP contribution in [0.1, 0.15) is 19.0 Å². The maximum Gasteiger partial charge on any atom is 0.322 e. The highest BCUT2D eigenvalue weighted by atomic mass is 32.2. The van der Waals surface area contributed by atoms with Crippen LogP contribution in [-0.4, -0.2) is 41.3 Å². The Morgan fingerprint density at radius 1 is 1.65 bits per heavy atom. The summed E-state index contributed by atoms with van der Waals surface area (Å²) in [6, 6.07) is -1.17. The zero-order chi connectivity index (χ0) is 12.9. The third-order valence-corrected chi connectivity index (χ3v) is 3.66. The summed E-state index contributed by atoms with van der Waals surface area (Å²) in [4.78, 5) is 17.4. The Kier molecular flexibility index (Phi) is 4.64. The molecule has 0 radical (unpaired) electrons. The van der Waals surface area contributed by atoms with Gasteiger partial charge in [0.05, 0.1) is 12.1 Å². The molecule has 1 aromatic heterocycles. The molecule has 1 heterocycles. The summed E-state index contributed by atoms with van der Waals surface area (Å²) in [5.41, 5.74) is 0.566. The minimum Gasteiger partial charge on any atom is -0.480 e. The van der Waals surface area contributed by atoms with Crippen LogP contribution >= 0.6 is 0 Å². The van der Waals surface area contributed by atoms with Crippen molar-refractivity contribution >= 4 is 16.0 Å². The van der Waals surface area contributed by atoms with Gasteiger partial charge in [-0.1, -0.05) is 6.92 Å². The molecule has 7 nitrogen and oxygen atoms in total. The number of nitrogens with one attached hydrogen (secondary N) is 2. The molecule has 0 amide bonds. The van der Waals surface area contributed by atoms with Crippen molar-refractivity contribution in [3.63, 3.8) is 0 Å². The van der Waals surface area contributed by atoms with Crippen molar-refractivity contribution in [2.75, 3.05) is 5.75 Å². The minimum absolute atomic E-state index is 0.0400. The summed E-state index contributed by atoms with van der Waals surface area (Å²) in [7, 11) is -3.54. The standard InChI is InChI=1S/C9H15N3O4S/c1-2-3-17(15,16)12-8(9(13)14)4-7-5-10-6-11-7/h5-6,8,12H,2-4H2,1H3,(H,10,11)(H,13,14). The van der Waals surface area contributed by atoms with Crippen molar-refractivity contribution in [3.05, 3.63) is 18.2 Å². The molecule has 0 bridgehead atoms. The Morgan fingerprint density at radius 3 is 2.82 bits per heavy atom. The van der Waals surface area contributed by atoms with Gasteiger partial charge in [0, 0.05) is 18.3 Å². The highest BCUT2D eigenvalue weighted by Crippen LogP contribution is 2.01. The fraction of sp³-hybridized carbons (Fsp3) is 0.556. The molecular formula is C9H15N3O4S. The van der Waals surface area contributed by atoms with E-state index in [1.54, 1.807) is 6.92 Å². The Balaban J connectivity index is 2.71.